The van der Waals surface area contributed by atoms with E-state index in [0.717, 1.165) is 25.9 Å². The van der Waals surface area contributed by atoms with Crippen molar-refractivity contribution >= 4 is 40.2 Å². The molecular formula is C18H19ClN2S. The normalized spacial score (nSPS) is 13.7. The highest BCUT2D eigenvalue weighted by Gasteiger charge is 2.20. The second-order valence-electron chi connectivity index (χ2n) is 5.61. The second kappa shape index (κ2) is 6.67. The van der Waals surface area contributed by atoms with Crippen LogP contribution in [0.25, 0.3) is 10.8 Å². The van der Waals surface area contributed by atoms with Crippen LogP contribution in [0.5, 0.6) is 0 Å². The quantitative estimate of drug-likeness (QED) is 0.691. The summed E-state index contributed by atoms with van der Waals surface area (Å²) in [6, 6.07) is 10.9. The van der Waals surface area contributed by atoms with Gasteiger partial charge < -0.3 is 4.90 Å². The topological polar surface area (TPSA) is 16.1 Å². The third-order valence-corrected chi connectivity index (χ3v) is 4.99. The molecule has 2 aromatic heterocycles. The van der Waals surface area contributed by atoms with Crippen molar-refractivity contribution in [2.45, 2.75) is 19.3 Å². The molecule has 22 heavy (non-hydrogen) atoms. The van der Waals surface area contributed by atoms with Crippen molar-refractivity contribution in [2.75, 3.05) is 18.0 Å². The van der Waals surface area contributed by atoms with E-state index in [1.165, 1.54) is 34.1 Å². The molecule has 1 aliphatic heterocycles. The van der Waals surface area contributed by atoms with Gasteiger partial charge in [-0.05, 0) is 41.7 Å². The third kappa shape index (κ3) is 2.83. The summed E-state index contributed by atoms with van der Waals surface area (Å²) in [6.07, 6.45) is 5.46. The molecule has 0 unspecified atom stereocenters. The Balaban J connectivity index is 0.00000144. The summed E-state index contributed by atoms with van der Waals surface area (Å²) in [5, 5.41) is 7.02. The molecule has 0 spiro atoms. The minimum Gasteiger partial charge on any atom is -0.369 e. The van der Waals surface area contributed by atoms with Crippen molar-refractivity contribution in [3.63, 3.8) is 0 Å². The van der Waals surface area contributed by atoms with Crippen molar-refractivity contribution in [1.29, 1.82) is 0 Å². The predicted molar refractivity (Wildman–Crippen MR) is 97.5 cm³/mol. The molecule has 0 saturated heterocycles. The standard InChI is InChI=1S/C18H18N2S.ClH/c1-2-5-16-15(4-1)12-19-17-6-3-9-20(18(16)17)10-7-14-8-11-21-13-14;/h1-2,4-5,8,11-13H,3,6-7,9-10H2;1H. The minimum atomic E-state index is 0. The van der Waals surface area contributed by atoms with E-state index in [1.54, 1.807) is 11.3 Å². The van der Waals surface area contributed by atoms with Gasteiger partial charge in [-0.3, -0.25) is 4.98 Å². The van der Waals surface area contributed by atoms with Gasteiger partial charge in [0.2, 0.25) is 0 Å². The van der Waals surface area contributed by atoms with Crippen LogP contribution in [0.15, 0.2) is 47.3 Å². The second-order valence-corrected chi connectivity index (χ2v) is 6.39. The maximum atomic E-state index is 4.70. The lowest BCUT2D eigenvalue weighted by molar-refractivity contribution is 0.679. The number of nitrogens with zero attached hydrogens (tertiary/aromatic N) is 2. The van der Waals surface area contributed by atoms with E-state index in [9.17, 15) is 0 Å². The molecule has 0 aliphatic carbocycles. The first-order valence-corrected chi connectivity index (χ1v) is 8.49. The average Bonchev–Trinajstić information content (AvgIpc) is 3.06. The van der Waals surface area contributed by atoms with Gasteiger partial charge in [0, 0.05) is 30.1 Å². The first kappa shape index (κ1) is 15.3. The zero-order valence-corrected chi connectivity index (χ0v) is 14.0. The Morgan fingerprint density at radius 3 is 2.95 bits per heavy atom. The Kier molecular flexibility index (Phi) is 4.65. The van der Waals surface area contributed by atoms with Gasteiger partial charge in [0.05, 0.1) is 11.4 Å². The number of aryl methyl sites for hydroxylation is 1. The van der Waals surface area contributed by atoms with Crippen LogP contribution >= 0.6 is 23.7 Å². The average molecular weight is 331 g/mol. The summed E-state index contributed by atoms with van der Waals surface area (Å²) in [5.41, 5.74) is 4.08. The number of benzene rings is 1. The Hall–Kier alpha value is -1.58. The number of halogens is 1. The van der Waals surface area contributed by atoms with E-state index in [4.69, 9.17) is 4.98 Å². The summed E-state index contributed by atoms with van der Waals surface area (Å²) in [7, 11) is 0. The van der Waals surface area contributed by atoms with Gasteiger partial charge in [0.1, 0.15) is 0 Å². The van der Waals surface area contributed by atoms with Gasteiger partial charge in [-0.1, -0.05) is 24.3 Å². The lowest BCUT2D eigenvalue weighted by Gasteiger charge is -2.31. The van der Waals surface area contributed by atoms with Crippen LogP contribution in [-0.4, -0.2) is 18.1 Å². The molecule has 3 heterocycles. The zero-order valence-electron chi connectivity index (χ0n) is 12.4. The Morgan fingerprint density at radius 2 is 2.09 bits per heavy atom. The molecule has 0 fully saturated rings. The number of hydrogen-bond acceptors (Lipinski definition) is 3. The summed E-state index contributed by atoms with van der Waals surface area (Å²) < 4.78 is 0. The van der Waals surface area contributed by atoms with E-state index in [1.807, 2.05) is 6.20 Å². The predicted octanol–water partition coefficient (Wildman–Crippen LogP) is 4.71. The number of aromatic nitrogens is 1. The van der Waals surface area contributed by atoms with E-state index >= 15 is 0 Å². The van der Waals surface area contributed by atoms with Crippen LogP contribution in [0.2, 0.25) is 0 Å². The van der Waals surface area contributed by atoms with Crippen molar-refractivity contribution < 1.29 is 0 Å². The van der Waals surface area contributed by atoms with E-state index in [2.05, 4.69) is 46.0 Å². The van der Waals surface area contributed by atoms with Gasteiger partial charge >= 0.3 is 0 Å². The smallest absolute Gasteiger partial charge is 0.0665 e. The molecule has 4 heteroatoms. The minimum absolute atomic E-state index is 0. The van der Waals surface area contributed by atoms with Crippen LogP contribution in [0.1, 0.15) is 17.7 Å². The van der Waals surface area contributed by atoms with Gasteiger partial charge in [-0.15, -0.1) is 12.4 Å². The first-order chi connectivity index (χ1) is 10.4. The Labute approximate surface area is 141 Å². The largest absolute Gasteiger partial charge is 0.369 e. The SMILES string of the molecule is Cl.c1ccc2c3c(ncc2c1)CCCN3CCc1ccsc1. The summed E-state index contributed by atoms with van der Waals surface area (Å²) in [4.78, 5) is 7.24. The zero-order chi connectivity index (χ0) is 14.1. The monoisotopic (exact) mass is 330 g/mol. The van der Waals surface area contributed by atoms with E-state index in [0.29, 0.717) is 0 Å². The molecule has 114 valence electrons. The van der Waals surface area contributed by atoms with Crippen LogP contribution in [0.4, 0.5) is 5.69 Å². The van der Waals surface area contributed by atoms with Crippen molar-refractivity contribution in [3.8, 4) is 0 Å². The summed E-state index contributed by atoms with van der Waals surface area (Å²) in [6.45, 7) is 2.23. The molecule has 1 aromatic carbocycles. The molecule has 4 rings (SSSR count). The van der Waals surface area contributed by atoms with Crippen LogP contribution in [0, 0.1) is 0 Å². The maximum absolute atomic E-state index is 4.70. The Morgan fingerprint density at radius 1 is 1.18 bits per heavy atom. The lowest BCUT2D eigenvalue weighted by atomic mass is 10.0. The Bertz CT molecular complexity index is 755. The van der Waals surface area contributed by atoms with Crippen LogP contribution in [-0.2, 0) is 12.8 Å². The summed E-state index contributed by atoms with van der Waals surface area (Å²) in [5.74, 6) is 0. The van der Waals surface area contributed by atoms with Gasteiger partial charge in [0.25, 0.3) is 0 Å². The van der Waals surface area contributed by atoms with E-state index < -0.39 is 0 Å². The van der Waals surface area contributed by atoms with Gasteiger partial charge in [-0.25, -0.2) is 0 Å². The highest BCUT2D eigenvalue weighted by atomic mass is 35.5. The molecule has 0 N–H and O–H groups in total. The number of anilines is 1. The fourth-order valence-corrected chi connectivity index (χ4v) is 3.90. The van der Waals surface area contributed by atoms with E-state index in [-0.39, 0.29) is 12.4 Å². The molecule has 0 bridgehead atoms. The molecule has 1 aliphatic rings. The molecule has 3 aromatic rings. The van der Waals surface area contributed by atoms with Crippen molar-refractivity contribution in [3.05, 3.63) is 58.5 Å². The molecule has 0 amide bonds. The molecule has 0 radical (unpaired) electrons. The number of thiophene rings is 1. The number of fused-ring (bicyclic) bond motifs is 3. The highest BCUT2D eigenvalue weighted by Crippen LogP contribution is 2.33. The highest BCUT2D eigenvalue weighted by molar-refractivity contribution is 7.07. The molecular weight excluding hydrogens is 312 g/mol. The third-order valence-electron chi connectivity index (χ3n) is 4.26. The van der Waals surface area contributed by atoms with Crippen LogP contribution < -0.4 is 4.90 Å². The molecule has 2 nitrogen and oxygen atoms in total. The molecule has 0 atom stereocenters. The van der Waals surface area contributed by atoms with Crippen molar-refractivity contribution in [2.24, 2.45) is 0 Å². The maximum Gasteiger partial charge on any atom is 0.0665 e. The number of rotatable bonds is 3. The number of pyridine rings is 1. The number of hydrogen-bond donors (Lipinski definition) is 0. The van der Waals surface area contributed by atoms with Crippen LogP contribution in [0.3, 0.4) is 0 Å². The van der Waals surface area contributed by atoms with Gasteiger partial charge in [0.15, 0.2) is 0 Å². The lowest BCUT2D eigenvalue weighted by Crippen LogP contribution is -2.32. The fraction of sp³-hybridized carbons (Fsp3) is 0.278. The first-order valence-electron chi connectivity index (χ1n) is 7.54. The fourth-order valence-electron chi connectivity index (χ4n) is 3.20. The summed E-state index contributed by atoms with van der Waals surface area (Å²) >= 11 is 1.78. The van der Waals surface area contributed by atoms with Crippen molar-refractivity contribution in [1.82, 2.24) is 4.98 Å². The molecule has 0 saturated carbocycles. The van der Waals surface area contributed by atoms with Gasteiger partial charge in [-0.2, -0.15) is 11.3 Å².